The van der Waals surface area contributed by atoms with Crippen LogP contribution in [0.2, 0.25) is 0 Å². The van der Waals surface area contributed by atoms with Crippen LogP contribution in [0.15, 0.2) is 144 Å². The number of pyridine rings is 4. The second kappa shape index (κ2) is 14.8. The van der Waals surface area contributed by atoms with Crippen LogP contribution in [-0.2, 0) is 26.2 Å². The summed E-state index contributed by atoms with van der Waals surface area (Å²) in [6.45, 7) is 1.56. The maximum absolute atomic E-state index is 10.8. The van der Waals surface area contributed by atoms with Gasteiger partial charge in [-0.15, -0.1) is 10.2 Å². The predicted octanol–water partition coefficient (Wildman–Crippen LogP) is 7.14. The smallest absolute Gasteiger partial charge is 0.275 e. The minimum Gasteiger partial charge on any atom is -0.506 e. The summed E-state index contributed by atoms with van der Waals surface area (Å²) in [5.74, 6) is 0.760. The number of hydrogen-bond donors (Lipinski definition) is 1. The van der Waals surface area contributed by atoms with E-state index in [-0.39, 0.29) is 11.7 Å². The molecule has 7 rings (SSSR count). The zero-order valence-corrected chi connectivity index (χ0v) is 26.4. The van der Waals surface area contributed by atoms with Crippen LogP contribution >= 0.6 is 0 Å². The van der Waals surface area contributed by atoms with Crippen molar-refractivity contribution in [2.45, 2.75) is 26.2 Å². The van der Waals surface area contributed by atoms with Crippen LogP contribution in [0.4, 0.5) is 23.5 Å². The lowest BCUT2D eigenvalue weighted by atomic mass is 10.1. The highest BCUT2D eigenvalue weighted by Crippen LogP contribution is 2.36. The maximum Gasteiger partial charge on any atom is 0.275 e. The summed E-state index contributed by atoms with van der Waals surface area (Å²) in [6.07, 6.45) is 7.02. The Bertz CT molecular complexity index is 1960. The van der Waals surface area contributed by atoms with E-state index in [0.717, 1.165) is 33.5 Å². The number of nitrogens with zero attached hydrogens (tertiary/aromatic N) is 11. The number of phenols is 1. The monoisotopic (exact) mass is 645 g/mol. The number of aromatic nitrogens is 7. The van der Waals surface area contributed by atoms with E-state index >= 15 is 0 Å². The largest absolute Gasteiger partial charge is 0.506 e. The van der Waals surface area contributed by atoms with Crippen LogP contribution in [-0.4, -0.2) is 40.0 Å². The van der Waals surface area contributed by atoms with Gasteiger partial charge in [-0.3, -0.25) is 19.9 Å². The quantitative estimate of drug-likeness (QED) is 0.136. The zero-order valence-electron chi connectivity index (χ0n) is 26.4. The third kappa shape index (κ3) is 7.83. The molecule has 240 valence electrons. The fourth-order valence-electron chi connectivity index (χ4n) is 5.26. The lowest BCUT2D eigenvalue weighted by molar-refractivity contribution is 0.477. The first-order valence-corrected chi connectivity index (χ1v) is 15.7. The maximum atomic E-state index is 10.8. The number of hydrogen-bond acceptors (Lipinski definition) is 12. The number of anilines is 2. The first-order chi connectivity index (χ1) is 24.2. The molecule has 1 N–H and O–H groups in total. The molecule has 0 saturated carbocycles. The molecule has 0 radical (unpaired) electrons. The third-order valence-corrected chi connectivity index (χ3v) is 7.60. The Morgan fingerprint density at radius 1 is 0.469 bits per heavy atom. The molecule has 0 atom stereocenters. The zero-order chi connectivity index (χ0) is 33.3. The van der Waals surface area contributed by atoms with E-state index in [1.54, 1.807) is 30.9 Å². The van der Waals surface area contributed by atoms with Crippen LogP contribution in [0.3, 0.4) is 0 Å². The van der Waals surface area contributed by atoms with Crippen LogP contribution < -0.4 is 9.80 Å². The third-order valence-electron chi connectivity index (χ3n) is 7.60. The molecule has 12 nitrogen and oxygen atoms in total. The molecule has 0 saturated heterocycles. The SMILES string of the molecule is Oc1ccc2ccccc2c1N=Nc1nc(N(Cc2ccccn2)Cc2ccccn2)nc(N(Cc2ccccn2)Cc2ccccn2)n1. The molecular formula is C37H31N11O. The molecule has 12 heteroatoms. The van der Waals surface area contributed by atoms with Gasteiger partial charge in [-0.05, 0) is 60.0 Å². The Balaban J connectivity index is 1.36. The summed E-state index contributed by atoms with van der Waals surface area (Å²) >= 11 is 0. The van der Waals surface area contributed by atoms with Gasteiger partial charge in [0.15, 0.2) is 0 Å². The second-order valence-electron chi connectivity index (χ2n) is 11.1. The van der Waals surface area contributed by atoms with E-state index in [0.29, 0.717) is 43.8 Å². The number of benzene rings is 2. The Labute approximate surface area is 282 Å². The summed E-state index contributed by atoms with van der Waals surface area (Å²) in [5.41, 5.74) is 3.61. The van der Waals surface area contributed by atoms with Gasteiger partial charge in [0.25, 0.3) is 5.95 Å². The number of azo groups is 1. The van der Waals surface area contributed by atoms with Gasteiger partial charge >= 0.3 is 0 Å². The van der Waals surface area contributed by atoms with E-state index in [2.05, 4.69) is 30.2 Å². The molecule has 5 heterocycles. The van der Waals surface area contributed by atoms with Crippen molar-refractivity contribution in [2.75, 3.05) is 9.80 Å². The Morgan fingerprint density at radius 2 is 0.918 bits per heavy atom. The van der Waals surface area contributed by atoms with Crippen molar-refractivity contribution in [1.82, 2.24) is 34.9 Å². The standard InChI is InChI=1S/C37H31N11O/c49-33-18-17-27-11-1-2-16-32(27)34(33)45-46-35-42-36(47(23-28-12-3-7-19-38-28)24-29-13-4-8-20-39-29)44-37(43-35)48(25-30-14-5-9-21-40-30)26-31-15-6-10-22-41-31/h1-22,49H,23-26H2. The Morgan fingerprint density at radius 3 is 1.37 bits per heavy atom. The van der Waals surface area contributed by atoms with Gasteiger partial charge < -0.3 is 14.9 Å². The van der Waals surface area contributed by atoms with E-state index in [1.165, 1.54) is 0 Å². The summed E-state index contributed by atoms with van der Waals surface area (Å²) in [6, 6.07) is 34.2. The second-order valence-corrected chi connectivity index (χ2v) is 11.1. The van der Waals surface area contributed by atoms with Crippen LogP contribution in [0.25, 0.3) is 10.8 Å². The van der Waals surface area contributed by atoms with Crippen LogP contribution in [0, 0.1) is 0 Å². The molecule has 0 aliphatic carbocycles. The topological polar surface area (TPSA) is 142 Å². The fourth-order valence-corrected chi connectivity index (χ4v) is 5.26. The van der Waals surface area contributed by atoms with Crippen molar-refractivity contribution >= 4 is 34.3 Å². The average Bonchev–Trinajstić information content (AvgIpc) is 3.15. The molecule has 0 aliphatic heterocycles. The highest BCUT2D eigenvalue weighted by molar-refractivity contribution is 5.95. The summed E-state index contributed by atoms with van der Waals surface area (Å²) < 4.78 is 0. The molecule has 0 unspecified atom stereocenters. The van der Waals surface area contributed by atoms with Gasteiger partial charge in [0.1, 0.15) is 11.4 Å². The predicted molar refractivity (Wildman–Crippen MR) is 186 cm³/mol. The number of aromatic hydroxyl groups is 1. The lowest BCUT2D eigenvalue weighted by Gasteiger charge is -2.26. The molecule has 5 aromatic heterocycles. The first kappa shape index (κ1) is 30.9. The van der Waals surface area contributed by atoms with Gasteiger partial charge in [0, 0.05) is 30.2 Å². The Hall–Kier alpha value is -6.69. The summed E-state index contributed by atoms with van der Waals surface area (Å²) in [4.78, 5) is 36.8. The van der Waals surface area contributed by atoms with Gasteiger partial charge in [0.05, 0.1) is 49.0 Å². The normalized spacial score (nSPS) is 11.2. The average molecular weight is 646 g/mol. The van der Waals surface area contributed by atoms with Crippen LogP contribution in [0.5, 0.6) is 5.75 Å². The van der Waals surface area contributed by atoms with E-state index < -0.39 is 0 Å². The molecule has 0 bridgehead atoms. The molecule has 2 aromatic carbocycles. The highest BCUT2D eigenvalue weighted by Gasteiger charge is 2.21. The van der Waals surface area contributed by atoms with Crippen molar-refractivity contribution in [3.63, 3.8) is 0 Å². The molecule has 49 heavy (non-hydrogen) atoms. The van der Waals surface area contributed by atoms with E-state index in [4.69, 9.17) is 15.0 Å². The molecule has 0 spiro atoms. The summed E-state index contributed by atoms with van der Waals surface area (Å²) in [7, 11) is 0. The van der Waals surface area contributed by atoms with Gasteiger partial charge in [0.2, 0.25) is 11.9 Å². The molecular weight excluding hydrogens is 614 g/mol. The minimum atomic E-state index is -0.00388. The molecule has 0 aliphatic rings. The van der Waals surface area contributed by atoms with E-state index in [9.17, 15) is 5.11 Å². The van der Waals surface area contributed by atoms with Gasteiger partial charge in [-0.2, -0.15) is 15.0 Å². The molecule has 0 amide bonds. The van der Waals surface area contributed by atoms with Gasteiger partial charge in [-0.1, -0.05) is 54.6 Å². The van der Waals surface area contributed by atoms with Crippen molar-refractivity contribution in [3.8, 4) is 5.75 Å². The molecule has 7 aromatic rings. The highest BCUT2D eigenvalue weighted by atomic mass is 16.3. The van der Waals surface area contributed by atoms with Crippen molar-refractivity contribution in [2.24, 2.45) is 10.2 Å². The molecule has 0 fully saturated rings. The Kier molecular flexibility index (Phi) is 9.35. The minimum absolute atomic E-state index is 0.00388. The van der Waals surface area contributed by atoms with Crippen LogP contribution in [0.1, 0.15) is 22.8 Å². The lowest BCUT2D eigenvalue weighted by Crippen LogP contribution is -2.29. The van der Waals surface area contributed by atoms with E-state index in [1.807, 2.05) is 113 Å². The van der Waals surface area contributed by atoms with Crippen molar-refractivity contribution in [1.29, 1.82) is 0 Å². The van der Waals surface area contributed by atoms with Gasteiger partial charge in [-0.25, -0.2) is 0 Å². The van der Waals surface area contributed by atoms with Crippen molar-refractivity contribution in [3.05, 3.63) is 157 Å². The number of fused-ring (bicyclic) bond motifs is 1. The fraction of sp³-hybridized carbons (Fsp3) is 0.108. The number of rotatable bonds is 12. The summed E-state index contributed by atoms with van der Waals surface area (Å²) in [5, 5.41) is 21.4. The van der Waals surface area contributed by atoms with Crippen molar-refractivity contribution < 1.29 is 5.11 Å². The number of phenolic OH excluding ortho intramolecular Hbond substituents is 1. The first-order valence-electron chi connectivity index (χ1n) is 15.7.